The molecule has 0 radical (unpaired) electrons. The Morgan fingerprint density at radius 1 is 1.25 bits per heavy atom. The standard InChI is InChI=1S/C20H34N4/c1-5-21-19(22-12-13-23-20(2,3)4)24-14-11-18(16-24)15-17-9-7-6-8-10-17/h6-10,18,23H,5,11-16H2,1-4H3,(H,21,22). The molecule has 2 N–H and O–H groups in total. The number of likely N-dealkylation sites (tertiary alicyclic amines) is 1. The Labute approximate surface area is 147 Å². The minimum Gasteiger partial charge on any atom is -0.357 e. The van der Waals surface area contributed by atoms with Gasteiger partial charge in [-0.2, -0.15) is 0 Å². The van der Waals surface area contributed by atoms with Gasteiger partial charge in [0.1, 0.15) is 0 Å². The van der Waals surface area contributed by atoms with E-state index in [4.69, 9.17) is 4.99 Å². The average Bonchev–Trinajstić information content (AvgIpc) is 2.99. The quantitative estimate of drug-likeness (QED) is 0.479. The van der Waals surface area contributed by atoms with Crippen molar-refractivity contribution in [2.45, 2.75) is 46.1 Å². The van der Waals surface area contributed by atoms with Gasteiger partial charge in [0.25, 0.3) is 0 Å². The van der Waals surface area contributed by atoms with E-state index in [0.717, 1.165) is 44.6 Å². The van der Waals surface area contributed by atoms with Crippen LogP contribution in [0.15, 0.2) is 35.3 Å². The van der Waals surface area contributed by atoms with Crippen molar-refractivity contribution in [3.63, 3.8) is 0 Å². The zero-order valence-corrected chi connectivity index (χ0v) is 15.8. The topological polar surface area (TPSA) is 39.7 Å². The molecule has 1 aromatic carbocycles. The van der Waals surface area contributed by atoms with Gasteiger partial charge >= 0.3 is 0 Å². The summed E-state index contributed by atoms with van der Waals surface area (Å²) < 4.78 is 0. The molecule has 1 atom stereocenters. The first kappa shape index (κ1) is 18.8. The highest BCUT2D eigenvalue weighted by atomic mass is 15.3. The molecule has 1 aromatic rings. The average molecular weight is 331 g/mol. The van der Waals surface area contributed by atoms with E-state index >= 15 is 0 Å². The molecule has 1 heterocycles. The maximum atomic E-state index is 4.81. The van der Waals surface area contributed by atoms with Gasteiger partial charge in [-0.15, -0.1) is 0 Å². The van der Waals surface area contributed by atoms with Crippen molar-refractivity contribution in [3.8, 4) is 0 Å². The van der Waals surface area contributed by atoms with Gasteiger partial charge in [-0.25, -0.2) is 0 Å². The number of aliphatic imine (C=N–C) groups is 1. The summed E-state index contributed by atoms with van der Waals surface area (Å²) in [7, 11) is 0. The maximum absolute atomic E-state index is 4.81. The van der Waals surface area contributed by atoms with E-state index in [1.807, 2.05) is 0 Å². The minimum atomic E-state index is 0.155. The summed E-state index contributed by atoms with van der Waals surface area (Å²) in [6, 6.07) is 10.8. The highest BCUT2D eigenvalue weighted by Gasteiger charge is 2.24. The van der Waals surface area contributed by atoms with Crippen LogP contribution in [0.5, 0.6) is 0 Å². The number of benzene rings is 1. The van der Waals surface area contributed by atoms with Gasteiger partial charge < -0.3 is 15.5 Å². The van der Waals surface area contributed by atoms with Crippen molar-refractivity contribution < 1.29 is 0 Å². The molecule has 0 spiro atoms. The number of hydrogen-bond acceptors (Lipinski definition) is 2. The van der Waals surface area contributed by atoms with Crippen LogP contribution in [0.25, 0.3) is 0 Å². The van der Waals surface area contributed by atoms with Crippen LogP contribution in [0.3, 0.4) is 0 Å². The Morgan fingerprint density at radius 2 is 2.00 bits per heavy atom. The lowest BCUT2D eigenvalue weighted by molar-refractivity contribution is 0.429. The monoisotopic (exact) mass is 330 g/mol. The molecule has 1 aliphatic rings. The summed E-state index contributed by atoms with van der Waals surface area (Å²) in [6.07, 6.45) is 2.42. The normalized spacial score (nSPS) is 18.9. The fourth-order valence-electron chi connectivity index (χ4n) is 3.16. The van der Waals surface area contributed by atoms with Crippen LogP contribution in [0.4, 0.5) is 0 Å². The van der Waals surface area contributed by atoms with Gasteiger partial charge in [0.15, 0.2) is 5.96 Å². The molecule has 0 aliphatic carbocycles. The van der Waals surface area contributed by atoms with Gasteiger partial charge in [-0.3, -0.25) is 4.99 Å². The smallest absolute Gasteiger partial charge is 0.193 e. The summed E-state index contributed by atoms with van der Waals surface area (Å²) in [5, 5.41) is 6.95. The predicted molar refractivity (Wildman–Crippen MR) is 104 cm³/mol. The second-order valence-corrected chi connectivity index (χ2v) is 7.70. The first-order valence-electron chi connectivity index (χ1n) is 9.30. The zero-order valence-electron chi connectivity index (χ0n) is 15.8. The first-order chi connectivity index (χ1) is 11.5. The lowest BCUT2D eigenvalue weighted by Crippen LogP contribution is -2.41. The largest absolute Gasteiger partial charge is 0.357 e. The van der Waals surface area contributed by atoms with E-state index < -0.39 is 0 Å². The SMILES string of the molecule is CCNC(=NCCNC(C)(C)C)N1CCC(Cc2ccccc2)C1. The molecule has 0 bridgehead atoms. The summed E-state index contributed by atoms with van der Waals surface area (Å²) in [6.45, 7) is 13.6. The number of guanidine groups is 1. The van der Waals surface area contributed by atoms with E-state index in [1.165, 1.54) is 18.4 Å². The molecule has 134 valence electrons. The summed E-state index contributed by atoms with van der Waals surface area (Å²) >= 11 is 0. The van der Waals surface area contributed by atoms with Crippen LogP contribution in [0.1, 0.15) is 39.7 Å². The molecule has 1 saturated heterocycles. The number of nitrogens with zero attached hydrogens (tertiary/aromatic N) is 2. The summed E-state index contributed by atoms with van der Waals surface area (Å²) in [5.41, 5.74) is 1.60. The van der Waals surface area contributed by atoms with Gasteiger partial charge in [0.2, 0.25) is 0 Å². The van der Waals surface area contributed by atoms with Crippen molar-refractivity contribution in [2.24, 2.45) is 10.9 Å². The molecular weight excluding hydrogens is 296 g/mol. The number of hydrogen-bond donors (Lipinski definition) is 2. The Hall–Kier alpha value is -1.55. The summed E-state index contributed by atoms with van der Waals surface area (Å²) in [4.78, 5) is 7.23. The van der Waals surface area contributed by atoms with E-state index in [2.05, 4.69) is 73.6 Å². The number of nitrogens with one attached hydrogen (secondary N) is 2. The molecule has 2 rings (SSSR count). The van der Waals surface area contributed by atoms with Crippen LogP contribution >= 0.6 is 0 Å². The molecule has 1 unspecified atom stereocenters. The van der Waals surface area contributed by atoms with Crippen LogP contribution < -0.4 is 10.6 Å². The second kappa shape index (κ2) is 9.07. The fourth-order valence-corrected chi connectivity index (χ4v) is 3.16. The van der Waals surface area contributed by atoms with E-state index in [-0.39, 0.29) is 5.54 Å². The Balaban J connectivity index is 1.85. The van der Waals surface area contributed by atoms with Gasteiger partial charge in [-0.1, -0.05) is 30.3 Å². The molecule has 1 fully saturated rings. The third kappa shape index (κ3) is 6.52. The van der Waals surface area contributed by atoms with E-state index in [0.29, 0.717) is 0 Å². The van der Waals surface area contributed by atoms with Gasteiger partial charge in [0.05, 0.1) is 6.54 Å². The molecular formula is C20H34N4. The van der Waals surface area contributed by atoms with Crippen molar-refractivity contribution in [3.05, 3.63) is 35.9 Å². The molecule has 0 amide bonds. The molecule has 4 nitrogen and oxygen atoms in total. The highest BCUT2D eigenvalue weighted by Crippen LogP contribution is 2.20. The molecule has 0 aromatic heterocycles. The molecule has 1 aliphatic heterocycles. The maximum Gasteiger partial charge on any atom is 0.193 e. The summed E-state index contributed by atoms with van der Waals surface area (Å²) in [5.74, 6) is 1.80. The number of rotatable bonds is 6. The van der Waals surface area contributed by atoms with E-state index in [9.17, 15) is 0 Å². The van der Waals surface area contributed by atoms with Crippen LogP contribution in [-0.2, 0) is 6.42 Å². The highest BCUT2D eigenvalue weighted by molar-refractivity contribution is 5.80. The van der Waals surface area contributed by atoms with Crippen molar-refractivity contribution in [2.75, 3.05) is 32.7 Å². The first-order valence-corrected chi connectivity index (χ1v) is 9.30. The second-order valence-electron chi connectivity index (χ2n) is 7.70. The van der Waals surface area contributed by atoms with Crippen molar-refractivity contribution >= 4 is 5.96 Å². The third-order valence-electron chi connectivity index (χ3n) is 4.32. The Bertz CT molecular complexity index is 504. The van der Waals surface area contributed by atoms with Crippen LogP contribution in [0.2, 0.25) is 0 Å². The third-order valence-corrected chi connectivity index (χ3v) is 4.32. The fraction of sp³-hybridized carbons (Fsp3) is 0.650. The minimum absolute atomic E-state index is 0.155. The van der Waals surface area contributed by atoms with Crippen molar-refractivity contribution in [1.29, 1.82) is 0 Å². The lowest BCUT2D eigenvalue weighted by Gasteiger charge is -2.23. The zero-order chi connectivity index (χ0) is 17.4. The lowest BCUT2D eigenvalue weighted by atomic mass is 9.99. The Kier molecular flexibility index (Phi) is 7.10. The van der Waals surface area contributed by atoms with E-state index in [1.54, 1.807) is 0 Å². The van der Waals surface area contributed by atoms with Gasteiger partial charge in [0, 0.05) is 31.7 Å². The van der Waals surface area contributed by atoms with Crippen molar-refractivity contribution in [1.82, 2.24) is 15.5 Å². The van der Waals surface area contributed by atoms with Crippen LogP contribution in [-0.4, -0.2) is 49.1 Å². The molecule has 0 saturated carbocycles. The predicted octanol–water partition coefficient (Wildman–Crippen LogP) is 2.90. The Morgan fingerprint density at radius 3 is 2.67 bits per heavy atom. The molecule has 4 heteroatoms. The molecule has 24 heavy (non-hydrogen) atoms. The van der Waals surface area contributed by atoms with Crippen LogP contribution in [0, 0.1) is 5.92 Å². The van der Waals surface area contributed by atoms with Gasteiger partial charge in [-0.05, 0) is 52.0 Å².